The van der Waals surface area contributed by atoms with Crippen LogP contribution in [0, 0.1) is 0 Å². The van der Waals surface area contributed by atoms with E-state index in [9.17, 15) is 9.59 Å². The lowest BCUT2D eigenvalue weighted by Gasteiger charge is -2.23. The van der Waals surface area contributed by atoms with Gasteiger partial charge in [0.1, 0.15) is 5.75 Å². The van der Waals surface area contributed by atoms with Crippen LogP contribution in [0.4, 0.5) is 0 Å². The number of carboxylic acids is 1. The van der Waals surface area contributed by atoms with Crippen LogP contribution < -0.4 is 4.74 Å². The van der Waals surface area contributed by atoms with Crippen LogP contribution in [-0.2, 0) is 11.2 Å². The molecule has 0 saturated heterocycles. The molecule has 0 aromatic heterocycles. The van der Waals surface area contributed by atoms with Crippen LogP contribution in [0.2, 0.25) is 5.02 Å². The Bertz CT molecular complexity index is 816. The number of aliphatic carboxylic acids is 1. The third kappa shape index (κ3) is 6.79. The molecule has 1 N–H and O–H groups in total. The van der Waals surface area contributed by atoms with Crippen LogP contribution in [0.15, 0.2) is 48.5 Å². The molecule has 0 aliphatic carbocycles. The van der Waals surface area contributed by atoms with Crippen molar-refractivity contribution in [1.82, 2.24) is 4.90 Å². The summed E-state index contributed by atoms with van der Waals surface area (Å²) in [7, 11) is 0. The molecule has 2 aromatic carbocycles. The molecule has 1 amide bonds. The van der Waals surface area contributed by atoms with Crippen molar-refractivity contribution in [2.75, 3.05) is 13.1 Å². The lowest BCUT2D eigenvalue weighted by Crippen LogP contribution is -2.37. The third-order valence-corrected chi connectivity index (χ3v) is 4.89. The summed E-state index contributed by atoms with van der Waals surface area (Å²) in [6, 6.07) is 14.3. The van der Waals surface area contributed by atoms with Crippen molar-refractivity contribution < 1.29 is 19.4 Å². The molecule has 0 aliphatic heterocycles. The van der Waals surface area contributed by atoms with Crippen molar-refractivity contribution in [3.05, 3.63) is 64.7 Å². The Balaban J connectivity index is 2.02. The van der Waals surface area contributed by atoms with Gasteiger partial charge in [0.25, 0.3) is 5.91 Å². The lowest BCUT2D eigenvalue weighted by atomic mass is 10.1. The first-order valence-corrected chi connectivity index (χ1v) is 10.2. The fourth-order valence-corrected chi connectivity index (χ4v) is 2.89. The smallest absolute Gasteiger partial charge is 0.347 e. The zero-order chi connectivity index (χ0) is 21.4. The summed E-state index contributed by atoms with van der Waals surface area (Å²) in [6.07, 6.45) is 2.65. The molecule has 0 heterocycles. The Morgan fingerprint density at radius 1 is 1.03 bits per heavy atom. The SMILES string of the molecule is CCCCN(CCc1ccc(OC(C)(C)C(=O)O)cc1)C(=O)c1ccc(Cl)cc1. The number of hydrogen-bond acceptors (Lipinski definition) is 3. The van der Waals surface area contributed by atoms with Crippen molar-refractivity contribution in [3.8, 4) is 5.75 Å². The molecule has 2 rings (SSSR count). The molecular weight excluding hydrogens is 390 g/mol. The van der Waals surface area contributed by atoms with Crippen molar-refractivity contribution in [3.63, 3.8) is 0 Å². The highest BCUT2D eigenvalue weighted by Gasteiger charge is 2.29. The highest BCUT2D eigenvalue weighted by molar-refractivity contribution is 6.30. The van der Waals surface area contributed by atoms with Crippen molar-refractivity contribution in [1.29, 1.82) is 0 Å². The van der Waals surface area contributed by atoms with Crippen molar-refractivity contribution in [2.45, 2.75) is 45.6 Å². The molecule has 2 aromatic rings. The molecule has 29 heavy (non-hydrogen) atoms. The summed E-state index contributed by atoms with van der Waals surface area (Å²) in [6.45, 7) is 6.42. The molecule has 0 bridgehead atoms. The number of carbonyl (C=O) groups is 2. The zero-order valence-corrected chi connectivity index (χ0v) is 17.9. The Morgan fingerprint density at radius 3 is 2.21 bits per heavy atom. The van der Waals surface area contributed by atoms with Crippen LogP contribution in [0.3, 0.4) is 0 Å². The van der Waals surface area contributed by atoms with Gasteiger partial charge in [-0.05, 0) is 68.7 Å². The zero-order valence-electron chi connectivity index (χ0n) is 17.2. The number of nitrogens with zero attached hydrogens (tertiary/aromatic N) is 1. The van der Waals surface area contributed by atoms with Gasteiger partial charge in [-0.15, -0.1) is 0 Å². The highest BCUT2D eigenvalue weighted by Crippen LogP contribution is 2.20. The second-order valence-corrected chi connectivity index (χ2v) is 7.90. The van der Waals surface area contributed by atoms with Gasteiger partial charge in [-0.25, -0.2) is 4.79 Å². The highest BCUT2D eigenvalue weighted by atomic mass is 35.5. The Morgan fingerprint density at radius 2 is 1.66 bits per heavy atom. The Hall–Kier alpha value is -2.53. The molecule has 0 spiro atoms. The number of unbranched alkanes of at least 4 members (excludes halogenated alkanes) is 1. The van der Waals surface area contributed by atoms with Gasteiger partial charge in [0.05, 0.1) is 0 Å². The molecule has 5 nitrogen and oxygen atoms in total. The Kier molecular flexibility index (Phi) is 8.09. The second-order valence-electron chi connectivity index (χ2n) is 7.46. The predicted molar refractivity (Wildman–Crippen MR) is 115 cm³/mol. The van der Waals surface area contributed by atoms with Crippen molar-refractivity contribution >= 4 is 23.5 Å². The van der Waals surface area contributed by atoms with E-state index in [0.29, 0.717) is 35.8 Å². The Labute approximate surface area is 177 Å². The second kappa shape index (κ2) is 10.3. The van der Waals surface area contributed by atoms with Gasteiger partial charge < -0.3 is 14.7 Å². The molecule has 6 heteroatoms. The number of ether oxygens (including phenoxy) is 1. The van der Waals surface area contributed by atoms with Gasteiger partial charge in [0.15, 0.2) is 5.60 Å². The molecule has 156 valence electrons. The average Bonchev–Trinajstić information content (AvgIpc) is 2.69. The van der Waals surface area contributed by atoms with E-state index in [4.69, 9.17) is 21.4 Å². The number of carbonyl (C=O) groups excluding carboxylic acids is 1. The summed E-state index contributed by atoms with van der Waals surface area (Å²) in [5, 5.41) is 9.77. The first kappa shape index (κ1) is 22.8. The maximum Gasteiger partial charge on any atom is 0.347 e. The fourth-order valence-electron chi connectivity index (χ4n) is 2.77. The minimum atomic E-state index is -1.29. The monoisotopic (exact) mass is 417 g/mol. The minimum absolute atomic E-state index is 0.00159. The number of benzene rings is 2. The quantitative estimate of drug-likeness (QED) is 0.586. The van der Waals surface area contributed by atoms with Crippen LogP contribution >= 0.6 is 11.6 Å². The molecule has 0 radical (unpaired) electrons. The predicted octanol–water partition coefficient (Wildman–Crippen LogP) is 5.07. The van der Waals surface area contributed by atoms with Gasteiger partial charge >= 0.3 is 5.97 Å². The summed E-state index contributed by atoms with van der Waals surface area (Å²) in [5.74, 6) is -0.520. The number of hydrogen-bond donors (Lipinski definition) is 1. The molecule has 0 atom stereocenters. The van der Waals surface area contributed by atoms with Gasteiger partial charge in [-0.3, -0.25) is 4.79 Å². The number of halogens is 1. The van der Waals surface area contributed by atoms with Crippen LogP contribution in [0.5, 0.6) is 5.75 Å². The van der Waals surface area contributed by atoms with Crippen LogP contribution in [-0.4, -0.2) is 40.6 Å². The van der Waals surface area contributed by atoms with E-state index in [2.05, 4.69) is 6.92 Å². The average molecular weight is 418 g/mol. The first-order chi connectivity index (χ1) is 13.7. The van der Waals surface area contributed by atoms with Gasteiger partial charge in [-0.2, -0.15) is 0 Å². The molecule has 0 fully saturated rings. The van der Waals surface area contributed by atoms with Crippen LogP contribution in [0.1, 0.15) is 49.5 Å². The third-order valence-electron chi connectivity index (χ3n) is 4.64. The minimum Gasteiger partial charge on any atom is -0.478 e. The van der Waals surface area contributed by atoms with E-state index in [0.717, 1.165) is 18.4 Å². The maximum atomic E-state index is 12.9. The topological polar surface area (TPSA) is 66.8 Å². The summed E-state index contributed by atoms with van der Waals surface area (Å²) in [5.41, 5.74) is 0.393. The summed E-state index contributed by atoms with van der Waals surface area (Å²) in [4.78, 5) is 25.9. The van der Waals surface area contributed by atoms with E-state index in [1.807, 2.05) is 17.0 Å². The summed E-state index contributed by atoms with van der Waals surface area (Å²) >= 11 is 5.92. The van der Waals surface area contributed by atoms with Gasteiger partial charge in [0, 0.05) is 23.7 Å². The van der Waals surface area contributed by atoms with Crippen molar-refractivity contribution in [2.24, 2.45) is 0 Å². The van der Waals surface area contributed by atoms with E-state index in [-0.39, 0.29) is 5.91 Å². The van der Waals surface area contributed by atoms with E-state index in [1.165, 1.54) is 13.8 Å². The summed E-state index contributed by atoms with van der Waals surface area (Å²) < 4.78 is 5.53. The molecule has 0 saturated carbocycles. The van der Waals surface area contributed by atoms with Gasteiger partial charge in [-0.1, -0.05) is 37.1 Å². The molecular formula is C23H28ClNO4. The number of amides is 1. The standard InChI is InChI=1S/C23H28ClNO4/c1-4-5-15-25(21(26)18-8-10-19(24)11-9-18)16-14-17-6-12-20(13-7-17)29-23(2,3)22(27)28/h6-13H,4-5,14-16H2,1-3H3,(H,27,28). The van der Waals surface area contributed by atoms with Crippen LogP contribution in [0.25, 0.3) is 0 Å². The number of carboxylic acid groups (broad SMARTS) is 1. The van der Waals surface area contributed by atoms with E-state index < -0.39 is 11.6 Å². The maximum absolute atomic E-state index is 12.9. The fraction of sp³-hybridized carbons (Fsp3) is 0.391. The van der Waals surface area contributed by atoms with E-state index in [1.54, 1.807) is 36.4 Å². The normalized spacial score (nSPS) is 11.2. The number of rotatable bonds is 10. The first-order valence-electron chi connectivity index (χ1n) is 9.79. The van der Waals surface area contributed by atoms with Gasteiger partial charge in [0.2, 0.25) is 0 Å². The molecule has 0 aliphatic rings. The lowest BCUT2D eigenvalue weighted by molar-refractivity contribution is -0.152. The van der Waals surface area contributed by atoms with E-state index >= 15 is 0 Å². The largest absolute Gasteiger partial charge is 0.478 e. The molecule has 0 unspecified atom stereocenters.